The molecule has 5 heteroatoms. The van der Waals surface area contributed by atoms with Gasteiger partial charge in [-0.1, -0.05) is 31.9 Å². The third-order valence-electron chi connectivity index (χ3n) is 3.36. The number of ether oxygens (including phenoxy) is 1. The van der Waals surface area contributed by atoms with Gasteiger partial charge in [0.2, 0.25) is 0 Å². The summed E-state index contributed by atoms with van der Waals surface area (Å²) in [6.07, 6.45) is 1.77. The van der Waals surface area contributed by atoms with Crippen molar-refractivity contribution in [2.75, 3.05) is 0 Å². The van der Waals surface area contributed by atoms with E-state index in [4.69, 9.17) is 4.74 Å². The van der Waals surface area contributed by atoms with E-state index >= 15 is 0 Å². The Bertz CT molecular complexity index is 886. The number of carbonyl (C=O) groups is 1. The molecule has 0 fully saturated rings. The van der Waals surface area contributed by atoms with Crippen LogP contribution in [0.2, 0.25) is 0 Å². The minimum absolute atomic E-state index is 0.385. The van der Waals surface area contributed by atoms with Gasteiger partial charge in [-0.25, -0.2) is 4.79 Å². The number of hydrogen-bond acceptors (Lipinski definition) is 3. The number of aliphatic imine (C=N–C) groups is 1. The van der Waals surface area contributed by atoms with Crippen molar-refractivity contribution >= 4 is 49.7 Å². The first-order valence-corrected chi connectivity index (χ1v) is 9.06. The molecular formula is C20H13Br2NO2. The van der Waals surface area contributed by atoms with Crippen molar-refractivity contribution in [3.63, 3.8) is 0 Å². The lowest BCUT2D eigenvalue weighted by molar-refractivity contribution is 0.0735. The molecule has 0 aromatic heterocycles. The fourth-order valence-electron chi connectivity index (χ4n) is 2.05. The summed E-state index contributed by atoms with van der Waals surface area (Å²) in [4.78, 5) is 16.5. The lowest BCUT2D eigenvalue weighted by atomic mass is 10.2. The number of hydrogen-bond donors (Lipinski definition) is 0. The van der Waals surface area contributed by atoms with Gasteiger partial charge in [0.25, 0.3) is 0 Å². The molecule has 0 aliphatic carbocycles. The number of rotatable bonds is 4. The number of nitrogens with zero attached hydrogens (tertiary/aromatic N) is 1. The third-order valence-corrected chi connectivity index (χ3v) is 4.42. The second-order valence-electron chi connectivity index (χ2n) is 5.20. The molecule has 0 heterocycles. The van der Waals surface area contributed by atoms with Crippen molar-refractivity contribution in [1.82, 2.24) is 0 Å². The topological polar surface area (TPSA) is 38.7 Å². The molecule has 124 valence electrons. The van der Waals surface area contributed by atoms with E-state index in [1.165, 1.54) is 0 Å². The molecule has 3 aromatic rings. The predicted molar refractivity (Wildman–Crippen MR) is 107 cm³/mol. The van der Waals surface area contributed by atoms with E-state index < -0.39 is 0 Å². The van der Waals surface area contributed by atoms with Crippen LogP contribution in [-0.2, 0) is 0 Å². The molecule has 0 bridgehead atoms. The monoisotopic (exact) mass is 457 g/mol. The fourth-order valence-corrected chi connectivity index (χ4v) is 2.58. The van der Waals surface area contributed by atoms with E-state index in [1.807, 2.05) is 36.4 Å². The van der Waals surface area contributed by atoms with Crippen LogP contribution >= 0.6 is 31.9 Å². The van der Waals surface area contributed by atoms with Crippen molar-refractivity contribution in [2.24, 2.45) is 4.99 Å². The van der Waals surface area contributed by atoms with Crippen LogP contribution in [0.4, 0.5) is 5.69 Å². The largest absolute Gasteiger partial charge is 0.423 e. The lowest BCUT2D eigenvalue weighted by Crippen LogP contribution is -2.08. The van der Waals surface area contributed by atoms with Crippen LogP contribution in [0.3, 0.4) is 0 Å². The summed E-state index contributed by atoms with van der Waals surface area (Å²) in [5, 5.41) is 0. The van der Waals surface area contributed by atoms with E-state index in [-0.39, 0.29) is 5.97 Å². The maximum absolute atomic E-state index is 12.1. The second-order valence-corrected chi connectivity index (χ2v) is 7.03. The molecule has 0 radical (unpaired) electrons. The van der Waals surface area contributed by atoms with Gasteiger partial charge < -0.3 is 4.74 Å². The van der Waals surface area contributed by atoms with Crippen molar-refractivity contribution in [1.29, 1.82) is 0 Å². The van der Waals surface area contributed by atoms with Gasteiger partial charge in [0, 0.05) is 15.2 Å². The average Bonchev–Trinajstić information content (AvgIpc) is 2.63. The zero-order valence-electron chi connectivity index (χ0n) is 13.0. The molecule has 3 rings (SSSR count). The van der Waals surface area contributed by atoms with Crippen LogP contribution in [-0.4, -0.2) is 12.2 Å². The molecule has 3 nitrogen and oxygen atoms in total. The van der Waals surface area contributed by atoms with Crippen LogP contribution in [0.25, 0.3) is 0 Å². The molecule has 0 atom stereocenters. The van der Waals surface area contributed by atoms with Crippen LogP contribution in [0.1, 0.15) is 15.9 Å². The highest BCUT2D eigenvalue weighted by molar-refractivity contribution is 9.10. The molecule has 0 N–H and O–H groups in total. The van der Waals surface area contributed by atoms with Crippen LogP contribution < -0.4 is 4.74 Å². The normalized spacial score (nSPS) is 10.8. The summed E-state index contributed by atoms with van der Waals surface area (Å²) >= 11 is 6.73. The Morgan fingerprint density at radius 1 is 0.800 bits per heavy atom. The molecule has 0 unspecified atom stereocenters. The first-order valence-electron chi connectivity index (χ1n) is 7.47. The smallest absolute Gasteiger partial charge is 0.343 e. The second kappa shape index (κ2) is 8.23. The zero-order chi connectivity index (χ0) is 17.6. The van der Waals surface area contributed by atoms with Gasteiger partial charge >= 0.3 is 5.97 Å². The molecule has 0 saturated heterocycles. The summed E-state index contributed by atoms with van der Waals surface area (Å²) in [6, 6.07) is 22.0. The molecule has 25 heavy (non-hydrogen) atoms. The summed E-state index contributed by atoms with van der Waals surface area (Å²) < 4.78 is 7.30. The first-order chi connectivity index (χ1) is 12.1. The third kappa shape index (κ3) is 5.11. The molecule has 0 aliphatic rings. The molecule has 0 saturated carbocycles. The van der Waals surface area contributed by atoms with Crippen LogP contribution in [0.5, 0.6) is 5.75 Å². The van der Waals surface area contributed by atoms with Gasteiger partial charge in [0.1, 0.15) is 5.75 Å². The van der Waals surface area contributed by atoms with Gasteiger partial charge in [-0.2, -0.15) is 0 Å². The van der Waals surface area contributed by atoms with E-state index in [9.17, 15) is 4.79 Å². The number of esters is 1. The van der Waals surface area contributed by atoms with E-state index in [0.717, 1.165) is 20.2 Å². The SMILES string of the molecule is O=C(Oc1ccc(C=Nc2ccc(Br)cc2)cc1)c1ccc(Br)cc1. The number of carbonyl (C=O) groups excluding carboxylic acids is 1. The highest BCUT2D eigenvalue weighted by atomic mass is 79.9. The Kier molecular flexibility index (Phi) is 5.79. The quantitative estimate of drug-likeness (QED) is 0.266. The standard InChI is InChI=1S/C20H13Br2NO2/c21-16-5-3-15(4-6-16)20(24)25-19-11-1-14(2-12-19)13-23-18-9-7-17(22)8-10-18/h1-13H. The minimum atomic E-state index is -0.385. The Balaban J connectivity index is 1.64. The molecule has 0 aliphatic heterocycles. The van der Waals surface area contributed by atoms with Gasteiger partial charge in [0.05, 0.1) is 11.3 Å². The van der Waals surface area contributed by atoms with Crippen molar-refractivity contribution in [2.45, 2.75) is 0 Å². The fraction of sp³-hybridized carbons (Fsp3) is 0. The molecule has 3 aromatic carbocycles. The van der Waals surface area contributed by atoms with Gasteiger partial charge in [-0.15, -0.1) is 0 Å². The maximum Gasteiger partial charge on any atom is 0.343 e. The predicted octanol–water partition coefficient (Wildman–Crippen LogP) is 6.18. The Morgan fingerprint density at radius 2 is 1.36 bits per heavy atom. The van der Waals surface area contributed by atoms with E-state index in [2.05, 4.69) is 36.9 Å². The van der Waals surface area contributed by atoms with Crippen molar-refractivity contribution in [3.05, 3.63) is 92.9 Å². The maximum atomic E-state index is 12.1. The van der Waals surface area contributed by atoms with E-state index in [0.29, 0.717) is 11.3 Å². The Hall–Kier alpha value is -2.24. The summed E-state index contributed by atoms with van der Waals surface area (Å²) in [5.41, 5.74) is 2.30. The van der Waals surface area contributed by atoms with Gasteiger partial charge in [-0.05, 0) is 78.4 Å². The number of benzene rings is 3. The average molecular weight is 459 g/mol. The van der Waals surface area contributed by atoms with Crippen molar-refractivity contribution < 1.29 is 9.53 Å². The van der Waals surface area contributed by atoms with Gasteiger partial charge in [0.15, 0.2) is 0 Å². The van der Waals surface area contributed by atoms with Crippen LogP contribution in [0, 0.1) is 0 Å². The minimum Gasteiger partial charge on any atom is -0.423 e. The zero-order valence-corrected chi connectivity index (χ0v) is 16.2. The summed E-state index contributed by atoms with van der Waals surface area (Å²) in [6.45, 7) is 0. The summed E-state index contributed by atoms with van der Waals surface area (Å²) in [7, 11) is 0. The highest BCUT2D eigenvalue weighted by Crippen LogP contribution is 2.18. The highest BCUT2D eigenvalue weighted by Gasteiger charge is 2.08. The first kappa shape index (κ1) is 17.6. The lowest BCUT2D eigenvalue weighted by Gasteiger charge is -2.04. The molecular weight excluding hydrogens is 446 g/mol. The van der Waals surface area contributed by atoms with E-state index in [1.54, 1.807) is 42.6 Å². The molecule has 0 spiro atoms. The summed E-state index contributed by atoms with van der Waals surface area (Å²) in [5.74, 6) is 0.109. The molecule has 0 amide bonds. The number of halogens is 2. The Morgan fingerprint density at radius 3 is 1.96 bits per heavy atom. The Labute approximate surface area is 162 Å². The van der Waals surface area contributed by atoms with Gasteiger partial charge in [-0.3, -0.25) is 4.99 Å². The van der Waals surface area contributed by atoms with Crippen molar-refractivity contribution in [3.8, 4) is 5.75 Å². The van der Waals surface area contributed by atoms with Crippen LogP contribution in [0.15, 0.2) is 86.7 Å².